The van der Waals surface area contributed by atoms with Crippen molar-refractivity contribution >= 4 is 5.97 Å². The van der Waals surface area contributed by atoms with Crippen LogP contribution in [0.2, 0.25) is 0 Å². The summed E-state index contributed by atoms with van der Waals surface area (Å²) in [5.74, 6) is -0.968. The third kappa shape index (κ3) is 2.49. The SMILES string of the molecule is Cc1cc(O)ccc1C[C@H](C)C(=O)O. The lowest BCUT2D eigenvalue weighted by atomic mass is 9.97. The van der Waals surface area contributed by atoms with E-state index in [1.165, 1.54) is 0 Å². The van der Waals surface area contributed by atoms with Crippen LogP contribution < -0.4 is 0 Å². The molecule has 0 aliphatic heterocycles. The molecule has 0 aliphatic carbocycles. The van der Waals surface area contributed by atoms with Crippen molar-refractivity contribution in [2.45, 2.75) is 20.3 Å². The van der Waals surface area contributed by atoms with Crippen LogP contribution in [0.4, 0.5) is 0 Å². The Morgan fingerprint density at radius 3 is 2.64 bits per heavy atom. The molecule has 1 atom stereocenters. The van der Waals surface area contributed by atoms with Gasteiger partial charge in [0.25, 0.3) is 0 Å². The molecule has 0 spiro atoms. The van der Waals surface area contributed by atoms with Gasteiger partial charge in [-0.1, -0.05) is 13.0 Å². The largest absolute Gasteiger partial charge is 0.508 e. The maximum absolute atomic E-state index is 10.6. The number of phenolic OH excluding ortho intramolecular Hbond substituents is 1. The Hall–Kier alpha value is -1.51. The normalized spacial score (nSPS) is 12.4. The Labute approximate surface area is 83.0 Å². The Morgan fingerprint density at radius 2 is 2.14 bits per heavy atom. The molecule has 0 bridgehead atoms. The molecule has 3 heteroatoms. The highest BCUT2D eigenvalue weighted by Gasteiger charge is 2.12. The van der Waals surface area contributed by atoms with Crippen LogP contribution in [0.5, 0.6) is 5.75 Å². The molecular weight excluding hydrogens is 180 g/mol. The molecule has 0 unspecified atom stereocenters. The Balaban J connectivity index is 2.82. The average molecular weight is 194 g/mol. The van der Waals surface area contributed by atoms with Crippen molar-refractivity contribution in [1.29, 1.82) is 0 Å². The minimum absolute atomic E-state index is 0.217. The molecule has 2 N–H and O–H groups in total. The van der Waals surface area contributed by atoms with Gasteiger partial charge in [0, 0.05) is 0 Å². The lowest BCUT2D eigenvalue weighted by Crippen LogP contribution is -2.12. The average Bonchev–Trinajstić information content (AvgIpc) is 2.09. The Morgan fingerprint density at radius 1 is 1.50 bits per heavy atom. The number of aromatic hydroxyl groups is 1. The van der Waals surface area contributed by atoms with Crippen LogP contribution in [0.25, 0.3) is 0 Å². The molecule has 76 valence electrons. The summed E-state index contributed by atoms with van der Waals surface area (Å²) in [6, 6.07) is 4.99. The van der Waals surface area contributed by atoms with Crippen LogP contribution in [0.1, 0.15) is 18.1 Å². The highest BCUT2D eigenvalue weighted by atomic mass is 16.4. The van der Waals surface area contributed by atoms with Gasteiger partial charge < -0.3 is 10.2 Å². The number of aryl methyl sites for hydroxylation is 1. The summed E-state index contributed by atoms with van der Waals surface area (Å²) in [6.45, 7) is 3.54. The summed E-state index contributed by atoms with van der Waals surface area (Å²) < 4.78 is 0. The van der Waals surface area contributed by atoms with E-state index in [4.69, 9.17) is 10.2 Å². The fourth-order valence-electron chi connectivity index (χ4n) is 1.33. The minimum Gasteiger partial charge on any atom is -0.508 e. The number of phenols is 1. The van der Waals surface area contributed by atoms with E-state index in [0.29, 0.717) is 6.42 Å². The third-order valence-corrected chi connectivity index (χ3v) is 2.27. The number of rotatable bonds is 3. The number of hydrogen-bond donors (Lipinski definition) is 2. The zero-order valence-corrected chi connectivity index (χ0v) is 8.32. The molecular formula is C11H14O3. The highest BCUT2D eigenvalue weighted by Crippen LogP contribution is 2.18. The van der Waals surface area contributed by atoms with E-state index in [1.807, 2.05) is 6.92 Å². The van der Waals surface area contributed by atoms with E-state index >= 15 is 0 Å². The fraction of sp³-hybridized carbons (Fsp3) is 0.364. The van der Waals surface area contributed by atoms with Crippen LogP contribution in [-0.2, 0) is 11.2 Å². The second-order valence-corrected chi connectivity index (χ2v) is 3.55. The predicted molar refractivity (Wildman–Crippen MR) is 53.3 cm³/mol. The molecule has 1 rings (SSSR count). The molecule has 3 nitrogen and oxygen atoms in total. The van der Waals surface area contributed by atoms with Crippen molar-refractivity contribution in [3.05, 3.63) is 29.3 Å². The summed E-state index contributed by atoms with van der Waals surface area (Å²) in [5, 5.41) is 17.9. The van der Waals surface area contributed by atoms with Crippen molar-refractivity contribution in [1.82, 2.24) is 0 Å². The van der Waals surface area contributed by atoms with Gasteiger partial charge in [-0.2, -0.15) is 0 Å². The summed E-state index contributed by atoms with van der Waals surface area (Å²) in [5.41, 5.74) is 1.90. The van der Waals surface area contributed by atoms with Gasteiger partial charge in [0.15, 0.2) is 0 Å². The summed E-state index contributed by atoms with van der Waals surface area (Å²) in [6.07, 6.45) is 0.501. The maximum Gasteiger partial charge on any atom is 0.306 e. The number of hydrogen-bond acceptors (Lipinski definition) is 2. The topological polar surface area (TPSA) is 57.5 Å². The molecule has 0 heterocycles. The molecule has 0 radical (unpaired) electrons. The van der Waals surface area contributed by atoms with Gasteiger partial charge in [-0.3, -0.25) is 4.79 Å². The van der Waals surface area contributed by atoms with E-state index in [2.05, 4.69) is 0 Å². The van der Waals surface area contributed by atoms with Gasteiger partial charge >= 0.3 is 5.97 Å². The molecule has 1 aromatic carbocycles. The number of aliphatic carboxylic acids is 1. The lowest BCUT2D eigenvalue weighted by Gasteiger charge is -2.09. The Bertz CT molecular complexity index is 344. The minimum atomic E-state index is -0.794. The molecule has 0 fully saturated rings. The predicted octanol–water partition coefficient (Wildman–Crippen LogP) is 1.96. The summed E-state index contributed by atoms with van der Waals surface area (Å²) in [7, 11) is 0. The quantitative estimate of drug-likeness (QED) is 0.773. The van der Waals surface area contributed by atoms with Crippen LogP contribution in [0, 0.1) is 12.8 Å². The van der Waals surface area contributed by atoms with Crippen molar-refractivity contribution in [3.63, 3.8) is 0 Å². The van der Waals surface area contributed by atoms with Crippen LogP contribution in [-0.4, -0.2) is 16.2 Å². The monoisotopic (exact) mass is 194 g/mol. The Kier molecular flexibility index (Phi) is 3.12. The second kappa shape index (κ2) is 4.13. The first-order valence-corrected chi connectivity index (χ1v) is 4.52. The van der Waals surface area contributed by atoms with Gasteiger partial charge in [-0.15, -0.1) is 0 Å². The van der Waals surface area contributed by atoms with Crippen LogP contribution in [0.3, 0.4) is 0 Å². The number of carboxylic acids is 1. The maximum atomic E-state index is 10.6. The van der Waals surface area contributed by atoms with E-state index in [9.17, 15) is 4.79 Å². The number of carboxylic acid groups (broad SMARTS) is 1. The zero-order valence-electron chi connectivity index (χ0n) is 8.32. The van der Waals surface area contributed by atoms with E-state index < -0.39 is 11.9 Å². The lowest BCUT2D eigenvalue weighted by molar-refractivity contribution is -0.141. The number of carbonyl (C=O) groups is 1. The summed E-state index contributed by atoms with van der Waals surface area (Å²) in [4.78, 5) is 10.6. The van der Waals surface area contributed by atoms with Gasteiger partial charge in [0.2, 0.25) is 0 Å². The third-order valence-electron chi connectivity index (χ3n) is 2.27. The number of benzene rings is 1. The second-order valence-electron chi connectivity index (χ2n) is 3.55. The van der Waals surface area contributed by atoms with Gasteiger partial charge in [-0.25, -0.2) is 0 Å². The molecule has 0 amide bonds. The van der Waals surface area contributed by atoms with Gasteiger partial charge in [0.05, 0.1) is 5.92 Å². The fourth-order valence-corrected chi connectivity index (χ4v) is 1.33. The standard InChI is InChI=1S/C11H14O3/c1-7-6-10(12)4-3-9(7)5-8(2)11(13)14/h3-4,6,8,12H,5H2,1-2H3,(H,13,14)/t8-/m0/s1. The molecule has 0 saturated heterocycles. The summed E-state index contributed by atoms with van der Waals surface area (Å²) >= 11 is 0. The first-order valence-electron chi connectivity index (χ1n) is 4.52. The highest BCUT2D eigenvalue weighted by molar-refractivity contribution is 5.70. The van der Waals surface area contributed by atoms with Crippen LogP contribution >= 0.6 is 0 Å². The molecule has 14 heavy (non-hydrogen) atoms. The van der Waals surface area contributed by atoms with Gasteiger partial charge in [0.1, 0.15) is 5.75 Å². The molecule has 0 aliphatic rings. The smallest absolute Gasteiger partial charge is 0.306 e. The van der Waals surface area contributed by atoms with E-state index in [-0.39, 0.29) is 5.75 Å². The molecule has 0 saturated carbocycles. The van der Waals surface area contributed by atoms with E-state index in [1.54, 1.807) is 25.1 Å². The van der Waals surface area contributed by atoms with Gasteiger partial charge in [-0.05, 0) is 36.6 Å². The van der Waals surface area contributed by atoms with Crippen molar-refractivity contribution in [3.8, 4) is 5.75 Å². The van der Waals surface area contributed by atoms with Crippen molar-refractivity contribution < 1.29 is 15.0 Å². The first-order chi connectivity index (χ1) is 6.50. The van der Waals surface area contributed by atoms with Crippen LogP contribution in [0.15, 0.2) is 18.2 Å². The molecule has 1 aromatic rings. The van der Waals surface area contributed by atoms with E-state index in [0.717, 1.165) is 11.1 Å². The van der Waals surface area contributed by atoms with Crippen molar-refractivity contribution in [2.75, 3.05) is 0 Å². The molecule has 0 aromatic heterocycles. The zero-order chi connectivity index (χ0) is 10.7. The van der Waals surface area contributed by atoms with Crippen molar-refractivity contribution in [2.24, 2.45) is 5.92 Å². The first kappa shape index (κ1) is 10.6.